The van der Waals surface area contributed by atoms with Crippen molar-refractivity contribution in [3.8, 4) is 0 Å². The Hall–Kier alpha value is -3.82. The second-order valence-corrected chi connectivity index (χ2v) is 6.71. The van der Waals surface area contributed by atoms with Crippen molar-refractivity contribution in [2.45, 2.75) is 0 Å². The van der Waals surface area contributed by atoms with E-state index in [0.717, 1.165) is 10.7 Å². The minimum absolute atomic E-state index is 0.0445. The van der Waals surface area contributed by atoms with E-state index < -0.39 is 29.0 Å². The van der Waals surface area contributed by atoms with Gasteiger partial charge in [0.25, 0.3) is 17.5 Å². The molecule has 4 rings (SSSR count). The molecule has 10 nitrogen and oxygen atoms in total. The Bertz CT molecular complexity index is 1000. The second-order valence-electron chi connectivity index (χ2n) is 6.71. The summed E-state index contributed by atoms with van der Waals surface area (Å²) in [5, 5.41) is 11.2. The Kier molecular flexibility index (Phi) is 4.67. The zero-order valence-electron chi connectivity index (χ0n) is 15.4. The summed E-state index contributed by atoms with van der Waals surface area (Å²) >= 11 is 0. The molecular formula is C19H17N5O5. The molecule has 1 aromatic heterocycles. The van der Waals surface area contributed by atoms with E-state index in [-0.39, 0.29) is 17.0 Å². The summed E-state index contributed by atoms with van der Waals surface area (Å²) in [6.45, 7) is 1.58. The summed E-state index contributed by atoms with van der Waals surface area (Å²) < 4.78 is 0. The molecule has 0 saturated carbocycles. The van der Waals surface area contributed by atoms with Crippen molar-refractivity contribution in [3.05, 3.63) is 63.8 Å². The van der Waals surface area contributed by atoms with Gasteiger partial charge in [0.1, 0.15) is 17.9 Å². The number of imide groups is 1. The number of carbonyl (C=O) groups is 3. The number of rotatable bonds is 4. The third kappa shape index (κ3) is 3.28. The summed E-state index contributed by atoms with van der Waals surface area (Å²) in [6.07, 6.45) is 1.70. The van der Waals surface area contributed by atoms with Gasteiger partial charge in [0.05, 0.1) is 10.5 Å². The van der Waals surface area contributed by atoms with Crippen LogP contribution in [0.4, 0.5) is 11.5 Å². The third-order valence-electron chi connectivity index (χ3n) is 5.07. The first-order chi connectivity index (χ1) is 14.0. The number of benzene rings is 1. The number of fused-ring (bicyclic) bond motifs is 1. The van der Waals surface area contributed by atoms with Crippen molar-refractivity contribution in [3.63, 3.8) is 0 Å². The van der Waals surface area contributed by atoms with Gasteiger partial charge in [-0.2, -0.15) is 0 Å². The van der Waals surface area contributed by atoms with E-state index >= 15 is 0 Å². The normalized spacial score (nSPS) is 16.2. The maximum Gasteiger partial charge on any atom is 0.282 e. The van der Waals surface area contributed by atoms with Gasteiger partial charge in [0, 0.05) is 38.4 Å². The molecule has 0 radical (unpaired) electrons. The van der Waals surface area contributed by atoms with Crippen LogP contribution in [0.25, 0.3) is 0 Å². The molecule has 148 valence electrons. The van der Waals surface area contributed by atoms with Crippen LogP contribution in [0.5, 0.6) is 0 Å². The standard InChI is InChI=1S/C19H17N5O5/c25-16(22-10-8-21(9-11-22)15-6-1-2-7-20-15)12-23-18(26)13-4-3-5-14(24(28)29)17(13)19(23)27/h1-7H,8-12H2. The van der Waals surface area contributed by atoms with Gasteiger partial charge in [-0.05, 0) is 18.2 Å². The van der Waals surface area contributed by atoms with Crippen molar-refractivity contribution in [1.82, 2.24) is 14.8 Å². The summed E-state index contributed by atoms with van der Waals surface area (Å²) in [6, 6.07) is 9.50. The zero-order chi connectivity index (χ0) is 20.5. The number of anilines is 1. The SMILES string of the molecule is O=C(CN1C(=O)c2cccc([N+](=O)[O-])c2C1=O)N1CCN(c2ccccn2)CC1. The molecular weight excluding hydrogens is 378 g/mol. The lowest BCUT2D eigenvalue weighted by atomic mass is 10.1. The molecule has 3 heterocycles. The number of pyridine rings is 1. The number of aromatic nitrogens is 1. The van der Waals surface area contributed by atoms with Gasteiger partial charge in [-0.1, -0.05) is 12.1 Å². The molecule has 3 amide bonds. The molecule has 0 N–H and O–H groups in total. The quantitative estimate of drug-likeness (QED) is 0.429. The molecule has 10 heteroatoms. The number of carbonyl (C=O) groups excluding carboxylic acids is 3. The molecule has 2 aliphatic heterocycles. The molecule has 2 aliphatic rings. The molecule has 0 spiro atoms. The third-order valence-corrected chi connectivity index (χ3v) is 5.07. The van der Waals surface area contributed by atoms with Gasteiger partial charge in [-0.15, -0.1) is 0 Å². The van der Waals surface area contributed by atoms with E-state index in [4.69, 9.17) is 0 Å². The van der Waals surface area contributed by atoms with Crippen LogP contribution in [0.3, 0.4) is 0 Å². The fourth-order valence-corrected chi connectivity index (χ4v) is 3.57. The minimum Gasteiger partial charge on any atom is -0.353 e. The Morgan fingerprint density at radius 2 is 1.79 bits per heavy atom. The topological polar surface area (TPSA) is 117 Å². The lowest BCUT2D eigenvalue weighted by Gasteiger charge is -2.35. The van der Waals surface area contributed by atoms with Gasteiger partial charge in [0.2, 0.25) is 5.91 Å². The fraction of sp³-hybridized carbons (Fsp3) is 0.263. The number of nitro benzene ring substituents is 1. The highest BCUT2D eigenvalue weighted by Crippen LogP contribution is 2.30. The van der Waals surface area contributed by atoms with Gasteiger partial charge >= 0.3 is 0 Å². The van der Waals surface area contributed by atoms with Crippen molar-refractivity contribution >= 4 is 29.2 Å². The molecule has 1 aromatic carbocycles. The highest BCUT2D eigenvalue weighted by molar-refractivity contribution is 6.24. The van der Waals surface area contributed by atoms with Crippen molar-refractivity contribution in [2.75, 3.05) is 37.6 Å². The number of nitrogens with zero attached hydrogens (tertiary/aromatic N) is 5. The Labute approximate surface area is 165 Å². The summed E-state index contributed by atoms with van der Waals surface area (Å²) in [7, 11) is 0. The van der Waals surface area contributed by atoms with Gasteiger partial charge < -0.3 is 9.80 Å². The summed E-state index contributed by atoms with van der Waals surface area (Å²) in [4.78, 5) is 57.0. The van der Waals surface area contributed by atoms with Gasteiger partial charge in [-0.3, -0.25) is 29.4 Å². The lowest BCUT2D eigenvalue weighted by molar-refractivity contribution is -0.385. The van der Waals surface area contributed by atoms with Crippen LogP contribution < -0.4 is 4.90 Å². The maximum atomic E-state index is 12.7. The first-order valence-corrected chi connectivity index (χ1v) is 9.04. The first-order valence-electron chi connectivity index (χ1n) is 9.04. The van der Waals surface area contributed by atoms with Crippen LogP contribution in [0, 0.1) is 10.1 Å². The molecule has 0 aliphatic carbocycles. The number of hydrogen-bond donors (Lipinski definition) is 0. The molecule has 2 aromatic rings. The Morgan fingerprint density at radius 1 is 1.03 bits per heavy atom. The molecule has 0 bridgehead atoms. The number of hydrogen-bond acceptors (Lipinski definition) is 7. The largest absolute Gasteiger partial charge is 0.353 e. The van der Waals surface area contributed by atoms with Crippen molar-refractivity contribution in [2.24, 2.45) is 0 Å². The molecule has 29 heavy (non-hydrogen) atoms. The molecule has 0 unspecified atom stereocenters. The van der Waals surface area contributed by atoms with Crippen LogP contribution >= 0.6 is 0 Å². The van der Waals surface area contributed by atoms with E-state index in [2.05, 4.69) is 9.88 Å². The van der Waals surface area contributed by atoms with E-state index in [1.54, 1.807) is 11.1 Å². The number of amides is 3. The average Bonchev–Trinajstić information content (AvgIpc) is 2.99. The Balaban J connectivity index is 1.43. The predicted octanol–water partition coefficient (Wildman–Crippen LogP) is 0.935. The van der Waals surface area contributed by atoms with Crippen LogP contribution in [0.2, 0.25) is 0 Å². The second kappa shape index (κ2) is 7.30. The van der Waals surface area contributed by atoms with Gasteiger partial charge in [-0.25, -0.2) is 4.98 Å². The smallest absolute Gasteiger partial charge is 0.282 e. The Morgan fingerprint density at radius 3 is 2.45 bits per heavy atom. The number of nitro groups is 1. The maximum absolute atomic E-state index is 12.7. The van der Waals surface area contributed by atoms with Crippen LogP contribution in [0.15, 0.2) is 42.6 Å². The monoisotopic (exact) mass is 395 g/mol. The van der Waals surface area contributed by atoms with Crippen molar-refractivity contribution in [1.29, 1.82) is 0 Å². The van der Waals surface area contributed by atoms with E-state index in [0.29, 0.717) is 26.2 Å². The van der Waals surface area contributed by atoms with Crippen LogP contribution in [-0.4, -0.2) is 70.2 Å². The highest BCUT2D eigenvalue weighted by Gasteiger charge is 2.42. The molecule has 0 atom stereocenters. The fourth-order valence-electron chi connectivity index (χ4n) is 3.57. The van der Waals surface area contributed by atoms with Crippen LogP contribution in [-0.2, 0) is 4.79 Å². The van der Waals surface area contributed by atoms with E-state index in [1.807, 2.05) is 18.2 Å². The predicted molar refractivity (Wildman–Crippen MR) is 101 cm³/mol. The van der Waals surface area contributed by atoms with Crippen molar-refractivity contribution < 1.29 is 19.3 Å². The van der Waals surface area contributed by atoms with E-state index in [1.165, 1.54) is 18.2 Å². The van der Waals surface area contributed by atoms with Crippen LogP contribution in [0.1, 0.15) is 20.7 Å². The zero-order valence-corrected chi connectivity index (χ0v) is 15.4. The highest BCUT2D eigenvalue weighted by atomic mass is 16.6. The van der Waals surface area contributed by atoms with E-state index in [9.17, 15) is 24.5 Å². The van der Waals surface area contributed by atoms with Gasteiger partial charge in [0.15, 0.2) is 0 Å². The first kappa shape index (κ1) is 18.5. The summed E-state index contributed by atoms with van der Waals surface area (Å²) in [5.41, 5.74) is -0.730. The number of piperazine rings is 1. The summed E-state index contributed by atoms with van der Waals surface area (Å²) in [5.74, 6) is -1.04. The molecule has 1 fully saturated rings. The molecule has 1 saturated heterocycles. The average molecular weight is 395 g/mol. The minimum atomic E-state index is -0.808. The lowest BCUT2D eigenvalue weighted by Crippen LogP contribution is -2.52.